The Morgan fingerprint density at radius 2 is 1.95 bits per heavy atom. The topological polar surface area (TPSA) is 129 Å². The Balaban J connectivity index is 1.11. The number of likely N-dealkylation sites (tertiary alicyclic amines) is 1. The number of nitrogens with one attached hydrogen (secondary N) is 2. The van der Waals surface area contributed by atoms with Crippen LogP contribution in [0.15, 0.2) is 30.7 Å². The molecule has 2 amide bonds. The summed E-state index contributed by atoms with van der Waals surface area (Å²) in [5, 5.41) is 9.40. The lowest BCUT2D eigenvalue weighted by atomic mass is 9.87. The summed E-state index contributed by atoms with van der Waals surface area (Å²) in [7, 11) is 1.42. The third-order valence-electron chi connectivity index (χ3n) is 8.19. The largest absolute Gasteiger partial charge is 0.481 e. The van der Waals surface area contributed by atoms with Gasteiger partial charge in [-0.15, -0.1) is 0 Å². The molecule has 2 unspecified atom stereocenters. The van der Waals surface area contributed by atoms with E-state index in [1.807, 2.05) is 0 Å². The van der Waals surface area contributed by atoms with Crippen LogP contribution in [0.1, 0.15) is 41.9 Å². The van der Waals surface area contributed by atoms with Crippen molar-refractivity contribution in [1.82, 2.24) is 35.4 Å². The standard InChI is InChI=1S/C27H29F3N8O3/c1-15-10-32-22(12-31-15)37-13-21(27(29,30)14-37)34-24(39)16-3-6-38(26(9-16)4-5-26)25(40)20-8-19(35-36-20)17-7-23(41-2)33-11-18(17)28/h7-8,10-12,16,21H,3-6,9,13-14H2,1-2H3,(H,34,39)(H,35,36). The van der Waals surface area contributed by atoms with E-state index < -0.39 is 41.7 Å². The van der Waals surface area contributed by atoms with Crippen molar-refractivity contribution in [2.45, 2.75) is 50.1 Å². The fourth-order valence-corrected chi connectivity index (χ4v) is 5.74. The minimum atomic E-state index is -3.13. The number of hydrogen-bond donors (Lipinski definition) is 2. The summed E-state index contributed by atoms with van der Waals surface area (Å²) in [5.74, 6) is -4.44. The zero-order valence-corrected chi connectivity index (χ0v) is 22.5. The monoisotopic (exact) mass is 570 g/mol. The van der Waals surface area contributed by atoms with Crippen LogP contribution in [0.2, 0.25) is 0 Å². The van der Waals surface area contributed by atoms with Crippen molar-refractivity contribution in [2.24, 2.45) is 5.92 Å². The minimum absolute atomic E-state index is 0.0790. The number of rotatable bonds is 6. The molecule has 1 saturated carbocycles. The fraction of sp³-hybridized carbons (Fsp3) is 0.481. The fourth-order valence-electron chi connectivity index (χ4n) is 5.74. The number of pyridine rings is 1. The Hall–Kier alpha value is -4.23. The van der Waals surface area contributed by atoms with E-state index in [4.69, 9.17) is 4.74 Å². The molecule has 0 bridgehead atoms. The number of H-pyrrole nitrogens is 1. The first-order valence-electron chi connectivity index (χ1n) is 13.4. The Labute approximate surface area is 233 Å². The Kier molecular flexibility index (Phi) is 6.57. The van der Waals surface area contributed by atoms with Crippen LogP contribution in [0.25, 0.3) is 11.3 Å². The summed E-state index contributed by atoms with van der Waals surface area (Å²) >= 11 is 0. The lowest BCUT2D eigenvalue weighted by Gasteiger charge is -2.39. The van der Waals surface area contributed by atoms with Gasteiger partial charge in [0, 0.05) is 36.2 Å². The number of carbonyl (C=O) groups is 2. The maximum Gasteiger partial charge on any atom is 0.286 e. The van der Waals surface area contributed by atoms with Crippen molar-refractivity contribution in [1.29, 1.82) is 0 Å². The molecule has 2 saturated heterocycles. The average Bonchev–Trinajstić information content (AvgIpc) is 3.40. The molecule has 6 rings (SSSR count). The van der Waals surface area contributed by atoms with Crippen LogP contribution in [0, 0.1) is 18.7 Å². The van der Waals surface area contributed by atoms with Crippen LogP contribution in [-0.2, 0) is 4.79 Å². The first-order valence-corrected chi connectivity index (χ1v) is 13.4. The van der Waals surface area contributed by atoms with E-state index in [2.05, 4.69) is 30.5 Å². The van der Waals surface area contributed by atoms with Gasteiger partial charge in [-0.2, -0.15) is 5.10 Å². The molecule has 1 aliphatic carbocycles. The molecule has 3 fully saturated rings. The maximum atomic E-state index is 14.9. The molecular weight excluding hydrogens is 541 g/mol. The number of carbonyl (C=O) groups excluding carboxylic acids is 2. The summed E-state index contributed by atoms with van der Waals surface area (Å²) in [6.45, 7) is 1.40. The van der Waals surface area contributed by atoms with Gasteiger partial charge in [0.1, 0.15) is 11.9 Å². The van der Waals surface area contributed by atoms with Crippen LogP contribution in [0.4, 0.5) is 19.0 Å². The molecule has 2 atom stereocenters. The molecule has 0 radical (unpaired) electrons. The molecule has 5 heterocycles. The van der Waals surface area contributed by atoms with Crippen molar-refractivity contribution >= 4 is 17.6 Å². The number of aromatic amines is 1. The quantitative estimate of drug-likeness (QED) is 0.463. The van der Waals surface area contributed by atoms with Crippen molar-refractivity contribution in [3.63, 3.8) is 0 Å². The van der Waals surface area contributed by atoms with Crippen LogP contribution in [-0.4, -0.2) is 86.1 Å². The summed E-state index contributed by atoms with van der Waals surface area (Å²) in [4.78, 5) is 41.9. The Morgan fingerprint density at radius 3 is 2.66 bits per heavy atom. The third kappa shape index (κ3) is 5.06. The van der Waals surface area contributed by atoms with Gasteiger partial charge in [-0.25, -0.2) is 23.1 Å². The number of nitrogens with zero attached hydrogens (tertiary/aromatic N) is 6. The van der Waals surface area contributed by atoms with E-state index in [0.29, 0.717) is 42.9 Å². The molecule has 41 heavy (non-hydrogen) atoms. The first-order chi connectivity index (χ1) is 19.6. The normalized spacial score (nSPS) is 22.6. The third-order valence-corrected chi connectivity index (χ3v) is 8.19. The Bertz CT molecular complexity index is 1480. The summed E-state index contributed by atoms with van der Waals surface area (Å²) < 4.78 is 49.2. The number of alkyl halides is 2. The number of aryl methyl sites for hydroxylation is 1. The highest BCUT2D eigenvalue weighted by Crippen LogP contribution is 2.50. The number of ether oxygens (including phenoxy) is 1. The van der Waals surface area contributed by atoms with Crippen molar-refractivity contribution < 1.29 is 27.5 Å². The van der Waals surface area contributed by atoms with Crippen LogP contribution < -0.4 is 15.0 Å². The van der Waals surface area contributed by atoms with Crippen molar-refractivity contribution in [3.8, 4) is 17.1 Å². The van der Waals surface area contributed by atoms with Crippen molar-refractivity contribution in [3.05, 3.63) is 47.9 Å². The minimum Gasteiger partial charge on any atom is -0.481 e. The second-order valence-electron chi connectivity index (χ2n) is 11.0. The molecule has 2 aliphatic heterocycles. The van der Waals surface area contributed by atoms with Gasteiger partial charge < -0.3 is 19.9 Å². The van der Waals surface area contributed by atoms with E-state index in [0.717, 1.165) is 6.20 Å². The molecule has 2 N–H and O–H groups in total. The zero-order valence-electron chi connectivity index (χ0n) is 22.5. The highest BCUT2D eigenvalue weighted by atomic mass is 19.3. The van der Waals surface area contributed by atoms with E-state index in [9.17, 15) is 22.8 Å². The number of hydrogen-bond acceptors (Lipinski definition) is 8. The van der Waals surface area contributed by atoms with E-state index in [-0.39, 0.29) is 36.1 Å². The molecule has 0 aromatic carbocycles. The molecule has 1 spiro atoms. The second kappa shape index (κ2) is 10.00. The van der Waals surface area contributed by atoms with Crippen LogP contribution in [0.5, 0.6) is 5.88 Å². The summed E-state index contributed by atoms with van der Waals surface area (Å²) in [5.41, 5.74) is 0.739. The molecular formula is C27H29F3N8O3. The lowest BCUT2D eigenvalue weighted by Crippen LogP contribution is -2.54. The number of anilines is 1. The van der Waals surface area contributed by atoms with Gasteiger partial charge in [0.2, 0.25) is 11.8 Å². The molecule has 3 aromatic heterocycles. The molecule has 3 aliphatic rings. The van der Waals surface area contributed by atoms with Crippen LogP contribution in [0.3, 0.4) is 0 Å². The van der Waals surface area contributed by atoms with Gasteiger partial charge in [0.05, 0.1) is 43.6 Å². The Morgan fingerprint density at radius 1 is 1.15 bits per heavy atom. The number of halogens is 3. The van der Waals surface area contributed by atoms with Crippen LogP contribution >= 0.6 is 0 Å². The highest BCUT2D eigenvalue weighted by Gasteiger charge is 2.56. The van der Waals surface area contributed by atoms with Gasteiger partial charge in [-0.05, 0) is 38.7 Å². The predicted molar refractivity (Wildman–Crippen MR) is 140 cm³/mol. The van der Waals surface area contributed by atoms with Gasteiger partial charge >= 0.3 is 0 Å². The van der Waals surface area contributed by atoms with Gasteiger partial charge in [0.15, 0.2) is 11.5 Å². The summed E-state index contributed by atoms with van der Waals surface area (Å²) in [6.07, 6.45) is 6.11. The molecule has 14 heteroatoms. The second-order valence-corrected chi connectivity index (χ2v) is 11.0. The average molecular weight is 571 g/mol. The number of aromatic nitrogens is 5. The predicted octanol–water partition coefficient (Wildman–Crippen LogP) is 2.74. The zero-order chi connectivity index (χ0) is 28.9. The van der Waals surface area contributed by atoms with Gasteiger partial charge in [-0.3, -0.25) is 19.7 Å². The highest BCUT2D eigenvalue weighted by molar-refractivity contribution is 5.94. The molecule has 11 nitrogen and oxygen atoms in total. The van der Waals surface area contributed by atoms with Gasteiger partial charge in [-0.1, -0.05) is 0 Å². The number of piperidine rings is 1. The van der Waals surface area contributed by atoms with Crippen molar-refractivity contribution in [2.75, 3.05) is 31.6 Å². The maximum absolute atomic E-state index is 14.9. The number of amides is 2. The van der Waals surface area contributed by atoms with E-state index >= 15 is 0 Å². The number of methoxy groups -OCH3 is 1. The molecule has 216 valence electrons. The van der Waals surface area contributed by atoms with Gasteiger partial charge in [0.25, 0.3) is 11.8 Å². The van der Waals surface area contributed by atoms with E-state index in [1.165, 1.54) is 36.5 Å². The smallest absolute Gasteiger partial charge is 0.286 e. The van der Waals surface area contributed by atoms with E-state index in [1.54, 1.807) is 11.8 Å². The molecule has 3 aromatic rings. The summed E-state index contributed by atoms with van der Waals surface area (Å²) in [6, 6.07) is 1.52. The lowest BCUT2D eigenvalue weighted by molar-refractivity contribution is -0.130. The first kappa shape index (κ1) is 27.0. The SMILES string of the molecule is COc1cc(-c2cc(C(=O)N3CCC(C(=O)NC4CN(c5cnc(C)cn5)CC4(F)F)CC34CC4)n[nH]2)c(F)cn1.